The molecule has 0 radical (unpaired) electrons. The molecule has 0 amide bonds. The smallest absolute Gasteiger partial charge is 0.330 e. The monoisotopic (exact) mass is 434 g/mol. The second kappa shape index (κ2) is 8.18. The largest absolute Gasteiger partial charge is 0.497 e. The van der Waals surface area contributed by atoms with E-state index in [0.29, 0.717) is 12.2 Å². The molecule has 5 atom stereocenters. The molecular weight excluding hydrogens is 404 g/mol. The molecule has 2 heterocycles. The maximum absolute atomic E-state index is 12.1. The van der Waals surface area contributed by atoms with Crippen molar-refractivity contribution in [2.45, 2.75) is 76.4 Å². The predicted molar refractivity (Wildman–Crippen MR) is 109 cm³/mol. The fraction of sp³-hybridized carbons (Fsp3) is 0.609. The Kier molecular flexibility index (Phi) is 5.87. The molecule has 8 nitrogen and oxygen atoms in total. The van der Waals surface area contributed by atoms with Gasteiger partial charge in [-0.1, -0.05) is 12.1 Å². The lowest BCUT2D eigenvalue weighted by atomic mass is 9.82. The molecular formula is C23H30O8. The van der Waals surface area contributed by atoms with Crippen molar-refractivity contribution in [3.8, 4) is 5.75 Å². The molecule has 0 spiro atoms. The minimum atomic E-state index is -0.847. The summed E-state index contributed by atoms with van der Waals surface area (Å²) in [5.74, 6) is -1.39. The van der Waals surface area contributed by atoms with Gasteiger partial charge in [-0.25, -0.2) is 4.79 Å². The highest BCUT2D eigenvalue weighted by atomic mass is 16.8. The van der Waals surface area contributed by atoms with E-state index in [1.165, 1.54) is 13.2 Å². The highest BCUT2D eigenvalue weighted by molar-refractivity contribution is 5.83. The lowest BCUT2D eigenvalue weighted by Crippen LogP contribution is -2.56. The molecule has 0 bridgehead atoms. The molecule has 3 fully saturated rings. The Morgan fingerprint density at radius 2 is 1.48 bits per heavy atom. The summed E-state index contributed by atoms with van der Waals surface area (Å²) in [4.78, 5) is 12.1. The molecule has 2 saturated heterocycles. The van der Waals surface area contributed by atoms with Gasteiger partial charge in [0.1, 0.15) is 36.3 Å². The van der Waals surface area contributed by atoms with Gasteiger partial charge >= 0.3 is 5.97 Å². The van der Waals surface area contributed by atoms with Crippen molar-refractivity contribution in [3.05, 3.63) is 41.5 Å². The maximum Gasteiger partial charge on any atom is 0.330 e. The lowest BCUT2D eigenvalue weighted by Gasteiger charge is -2.39. The molecule has 1 saturated carbocycles. The number of methoxy groups -OCH3 is 2. The zero-order valence-corrected chi connectivity index (χ0v) is 18.7. The summed E-state index contributed by atoms with van der Waals surface area (Å²) < 4.78 is 41.2. The van der Waals surface area contributed by atoms with Crippen LogP contribution >= 0.6 is 0 Å². The Morgan fingerprint density at radius 1 is 0.935 bits per heavy atom. The van der Waals surface area contributed by atoms with Crippen molar-refractivity contribution in [1.82, 2.24) is 0 Å². The van der Waals surface area contributed by atoms with Crippen LogP contribution in [-0.4, -0.2) is 62.3 Å². The summed E-state index contributed by atoms with van der Waals surface area (Å²) in [5, 5.41) is 0. The Morgan fingerprint density at radius 3 is 1.97 bits per heavy atom. The molecule has 0 N–H and O–H groups in total. The number of carbonyl (C=O) groups is 1. The van der Waals surface area contributed by atoms with Crippen LogP contribution in [0.4, 0.5) is 0 Å². The quantitative estimate of drug-likeness (QED) is 0.517. The van der Waals surface area contributed by atoms with E-state index in [0.717, 1.165) is 11.3 Å². The van der Waals surface area contributed by atoms with Crippen molar-refractivity contribution >= 4 is 5.97 Å². The lowest BCUT2D eigenvalue weighted by molar-refractivity contribution is -0.190. The van der Waals surface area contributed by atoms with Gasteiger partial charge in [-0.15, -0.1) is 0 Å². The first kappa shape index (κ1) is 22.2. The third-order valence-electron chi connectivity index (χ3n) is 5.65. The van der Waals surface area contributed by atoms with E-state index in [2.05, 4.69) is 0 Å². The first-order valence-corrected chi connectivity index (χ1v) is 10.4. The molecule has 1 aromatic rings. The molecule has 1 aromatic carbocycles. The topological polar surface area (TPSA) is 81.7 Å². The van der Waals surface area contributed by atoms with Gasteiger partial charge < -0.3 is 33.2 Å². The highest BCUT2D eigenvalue weighted by Gasteiger charge is 2.61. The van der Waals surface area contributed by atoms with E-state index in [1.807, 2.05) is 52.0 Å². The third-order valence-corrected chi connectivity index (χ3v) is 5.65. The van der Waals surface area contributed by atoms with Gasteiger partial charge in [0.2, 0.25) is 0 Å². The van der Waals surface area contributed by atoms with Gasteiger partial charge in [0.25, 0.3) is 0 Å². The molecule has 1 unspecified atom stereocenters. The van der Waals surface area contributed by atoms with Crippen LogP contribution < -0.4 is 4.74 Å². The molecule has 3 aliphatic rings. The zero-order chi connectivity index (χ0) is 22.4. The zero-order valence-electron chi connectivity index (χ0n) is 18.7. The van der Waals surface area contributed by atoms with Crippen LogP contribution in [-0.2, 0) is 39.8 Å². The van der Waals surface area contributed by atoms with Gasteiger partial charge in [-0.05, 0) is 51.0 Å². The van der Waals surface area contributed by atoms with Gasteiger partial charge in [-0.3, -0.25) is 0 Å². The molecule has 0 aromatic heterocycles. The van der Waals surface area contributed by atoms with Crippen molar-refractivity contribution in [3.63, 3.8) is 0 Å². The molecule has 4 rings (SSSR count). The van der Waals surface area contributed by atoms with Gasteiger partial charge in [-0.2, -0.15) is 0 Å². The number of esters is 1. The molecule has 8 heteroatoms. The number of hydrogen-bond acceptors (Lipinski definition) is 8. The van der Waals surface area contributed by atoms with Crippen molar-refractivity contribution < 1.29 is 38.0 Å². The summed E-state index contributed by atoms with van der Waals surface area (Å²) in [6.07, 6.45) is -1.02. The number of carbonyl (C=O) groups excluding carboxylic acids is 1. The van der Waals surface area contributed by atoms with E-state index >= 15 is 0 Å². The molecule has 170 valence electrons. The van der Waals surface area contributed by atoms with Crippen molar-refractivity contribution in [2.75, 3.05) is 14.2 Å². The van der Waals surface area contributed by atoms with Gasteiger partial charge in [0.05, 0.1) is 20.8 Å². The summed E-state index contributed by atoms with van der Waals surface area (Å²) in [6, 6.07) is 7.67. The average Bonchev–Trinajstić information content (AvgIpc) is 3.22. The predicted octanol–water partition coefficient (Wildman–Crippen LogP) is 2.73. The van der Waals surface area contributed by atoms with E-state index in [9.17, 15) is 4.79 Å². The van der Waals surface area contributed by atoms with Gasteiger partial charge in [0, 0.05) is 6.08 Å². The number of rotatable bonds is 5. The number of benzene rings is 1. The fourth-order valence-electron chi connectivity index (χ4n) is 4.39. The van der Waals surface area contributed by atoms with Crippen LogP contribution in [0, 0.1) is 0 Å². The second-order valence-corrected chi connectivity index (χ2v) is 8.83. The van der Waals surface area contributed by atoms with Crippen LogP contribution in [0.1, 0.15) is 33.3 Å². The number of ether oxygens (including phenoxy) is 7. The summed E-state index contributed by atoms with van der Waals surface area (Å²) >= 11 is 0. The standard InChI is InChI=1S/C23H30O8/c1-22(2)28-17-15(11-16(24)26-6)18-21(31-23(3,4)29-18)19(20(17)30-22)27-12-13-7-9-14(25-5)10-8-13/h7-11,17-21H,12H2,1-6H3/t17-,18-,19?,20-,21+/m1/s1. The minimum absolute atomic E-state index is 0.352. The van der Waals surface area contributed by atoms with Gasteiger partial charge in [0.15, 0.2) is 11.6 Å². The summed E-state index contributed by atoms with van der Waals surface area (Å²) in [7, 11) is 2.97. The van der Waals surface area contributed by atoms with Crippen LogP contribution in [0.5, 0.6) is 5.75 Å². The Labute approximate surface area is 182 Å². The van der Waals surface area contributed by atoms with Crippen LogP contribution in [0.25, 0.3) is 0 Å². The van der Waals surface area contributed by atoms with Crippen molar-refractivity contribution in [1.29, 1.82) is 0 Å². The highest BCUT2D eigenvalue weighted by Crippen LogP contribution is 2.47. The van der Waals surface area contributed by atoms with Crippen LogP contribution in [0.2, 0.25) is 0 Å². The van der Waals surface area contributed by atoms with E-state index in [1.54, 1.807) is 7.11 Å². The molecule has 1 aliphatic carbocycles. The average molecular weight is 434 g/mol. The Balaban J connectivity index is 1.64. The van der Waals surface area contributed by atoms with Crippen LogP contribution in [0.3, 0.4) is 0 Å². The van der Waals surface area contributed by atoms with E-state index in [4.69, 9.17) is 33.2 Å². The van der Waals surface area contributed by atoms with Crippen LogP contribution in [0.15, 0.2) is 35.9 Å². The summed E-state index contributed by atoms with van der Waals surface area (Å²) in [6.45, 7) is 7.70. The Bertz CT molecular complexity index is 810. The third kappa shape index (κ3) is 4.49. The molecule has 2 aliphatic heterocycles. The first-order valence-electron chi connectivity index (χ1n) is 10.4. The number of fused-ring (bicyclic) bond motifs is 2. The van der Waals surface area contributed by atoms with E-state index < -0.39 is 48.1 Å². The fourth-order valence-corrected chi connectivity index (χ4v) is 4.39. The SMILES string of the molecule is COC(=O)C=C1[C@H]2OC(C)(C)O[C@@H]2C(OCc2ccc(OC)cc2)[C@@H]2OC(C)(C)O[C@H]12. The summed E-state index contributed by atoms with van der Waals surface area (Å²) in [5.41, 5.74) is 1.63. The van der Waals surface area contributed by atoms with E-state index in [-0.39, 0.29) is 0 Å². The first-order chi connectivity index (χ1) is 14.6. The normalized spacial score (nSPS) is 34.3. The number of hydrogen-bond donors (Lipinski definition) is 0. The molecule has 31 heavy (non-hydrogen) atoms. The maximum atomic E-state index is 12.1. The Hall–Kier alpha value is -1.97. The van der Waals surface area contributed by atoms with Crippen molar-refractivity contribution in [2.24, 2.45) is 0 Å². The second-order valence-electron chi connectivity index (χ2n) is 8.83. The minimum Gasteiger partial charge on any atom is -0.497 e.